The molecular formula is C9H15N3O. The first-order valence-electron chi connectivity index (χ1n) is 4.55. The predicted molar refractivity (Wildman–Crippen MR) is 50.8 cm³/mol. The highest BCUT2D eigenvalue weighted by Crippen LogP contribution is 2.23. The van der Waals surface area contributed by atoms with E-state index in [0.29, 0.717) is 0 Å². The third kappa shape index (κ3) is 1.54. The molecule has 2 rings (SSSR count). The van der Waals surface area contributed by atoms with Crippen LogP contribution in [0.3, 0.4) is 0 Å². The van der Waals surface area contributed by atoms with Gasteiger partial charge >= 0.3 is 0 Å². The summed E-state index contributed by atoms with van der Waals surface area (Å²) in [7, 11) is 0. The van der Waals surface area contributed by atoms with Crippen molar-refractivity contribution in [1.82, 2.24) is 9.97 Å². The Hall–Kier alpha value is -1.03. The first-order chi connectivity index (χ1) is 6.20. The lowest BCUT2D eigenvalue weighted by Crippen LogP contribution is -2.53. The molecule has 1 aromatic heterocycles. The quantitative estimate of drug-likeness (QED) is 0.703. The summed E-state index contributed by atoms with van der Waals surface area (Å²) in [4.78, 5) is 9.62. The molecule has 4 heteroatoms. The molecule has 4 nitrogen and oxygen atoms in total. The number of anilines is 1. The van der Waals surface area contributed by atoms with Gasteiger partial charge in [0.25, 0.3) is 0 Å². The fraction of sp³-hybridized carbons (Fsp3) is 0.667. The molecule has 1 N–H and O–H groups in total. The Bertz CT molecular complexity index is 268. The highest BCUT2D eigenvalue weighted by molar-refractivity contribution is 5.34. The van der Waals surface area contributed by atoms with Gasteiger partial charge in [0, 0.05) is 18.9 Å². The summed E-state index contributed by atoms with van der Waals surface area (Å²) in [6, 6.07) is 0. The van der Waals surface area contributed by atoms with Gasteiger partial charge in [-0.1, -0.05) is 0 Å². The number of hydrogen-bond acceptors (Lipinski definition) is 3. The van der Waals surface area contributed by atoms with Gasteiger partial charge in [0.2, 0.25) is 5.95 Å². The van der Waals surface area contributed by atoms with E-state index in [4.69, 9.17) is 4.74 Å². The first-order valence-corrected chi connectivity index (χ1v) is 4.55. The van der Waals surface area contributed by atoms with E-state index in [9.17, 15) is 0 Å². The van der Waals surface area contributed by atoms with Crippen molar-refractivity contribution in [3.05, 3.63) is 12.4 Å². The van der Waals surface area contributed by atoms with Crippen molar-refractivity contribution in [3.63, 3.8) is 0 Å². The Labute approximate surface area is 77.9 Å². The average molecular weight is 181 g/mol. The molecule has 0 bridgehead atoms. The van der Waals surface area contributed by atoms with Crippen LogP contribution in [0.1, 0.15) is 13.8 Å². The van der Waals surface area contributed by atoms with Gasteiger partial charge < -0.3 is 14.6 Å². The van der Waals surface area contributed by atoms with E-state index in [0.717, 1.165) is 25.7 Å². The molecule has 0 saturated carbocycles. The highest BCUT2D eigenvalue weighted by Gasteiger charge is 2.31. The molecule has 13 heavy (non-hydrogen) atoms. The Kier molecular flexibility index (Phi) is 2.00. The van der Waals surface area contributed by atoms with Crippen LogP contribution in [0, 0.1) is 0 Å². The summed E-state index contributed by atoms with van der Waals surface area (Å²) in [6.45, 7) is 6.77. The zero-order valence-corrected chi connectivity index (χ0v) is 8.08. The minimum Gasteiger partial charge on any atom is -0.377 e. The number of morpholine rings is 1. The SMILES string of the molecule is CC1(C)COCCN1c1ncc[nH]1. The normalized spacial score (nSPS) is 21.8. The van der Waals surface area contributed by atoms with E-state index in [1.54, 1.807) is 6.20 Å². The van der Waals surface area contributed by atoms with Crippen LogP contribution in [0.4, 0.5) is 5.95 Å². The minimum atomic E-state index is 0.0378. The maximum absolute atomic E-state index is 5.43. The monoisotopic (exact) mass is 181 g/mol. The van der Waals surface area contributed by atoms with E-state index in [1.165, 1.54) is 0 Å². The maximum Gasteiger partial charge on any atom is 0.203 e. The molecule has 1 aliphatic heterocycles. The van der Waals surface area contributed by atoms with Crippen molar-refractivity contribution < 1.29 is 4.74 Å². The number of H-pyrrole nitrogens is 1. The maximum atomic E-state index is 5.43. The van der Waals surface area contributed by atoms with Gasteiger partial charge in [-0.25, -0.2) is 4.98 Å². The lowest BCUT2D eigenvalue weighted by molar-refractivity contribution is 0.0635. The largest absolute Gasteiger partial charge is 0.377 e. The summed E-state index contributed by atoms with van der Waals surface area (Å²) in [6.07, 6.45) is 3.63. The average Bonchev–Trinajstić information content (AvgIpc) is 2.55. The molecule has 72 valence electrons. The second-order valence-electron chi connectivity index (χ2n) is 3.93. The van der Waals surface area contributed by atoms with Crippen LogP contribution in [-0.4, -0.2) is 35.3 Å². The van der Waals surface area contributed by atoms with Gasteiger partial charge in [0.15, 0.2) is 0 Å². The number of hydrogen-bond donors (Lipinski definition) is 1. The minimum absolute atomic E-state index is 0.0378. The van der Waals surface area contributed by atoms with Crippen molar-refractivity contribution in [3.8, 4) is 0 Å². The lowest BCUT2D eigenvalue weighted by atomic mass is 10.0. The van der Waals surface area contributed by atoms with Crippen molar-refractivity contribution in [1.29, 1.82) is 0 Å². The summed E-state index contributed by atoms with van der Waals surface area (Å²) in [5.41, 5.74) is 0.0378. The second kappa shape index (κ2) is 3.03. The van der Waals surface area contributed by atoms with Crippen molar-refractivity contribution >= 4 is 5.95 Å². The molecule has 1 fully saturated rings. The zero-order valence-electron chi connectivity index (χ0n) is 8.08. The van der Waals surface area contributed by atoms with Crippen LogP contribution in [-0.2, 0) is 4.74 Å². The van der Waals surface area contributed by atoms with Gasteiger partial charge in [-0.3, -0.25) is 0 Å². The number of rotatable bonds is 1. The van der Waals surface area contributed by atoms with Crippen LogP contribution in [0.2, 0.25) is 0 Å². The third-order valence-corrected chi connectivity index (χ3v) is 2.38. The van der Waals surface area contributed by atoms with Crippen LogP contribution in [0.25, 0.3) is 0 Å². The lowest BCUT2D eigenvalue weighted by Gasteiger charge is -2.41. The highest BCUT2D eigenvalue weighted by atomic mass is 16.5. The van der Waals surface area contributed by atoms with E-state index in [2.05, 4.69) is 28.7 Å². The first kappa shape index (κ1) is 8.56. The smallest absolute Gasteiger partial charge is 0.203 e. The van der Waals surface area contributed by atoms with E-state index < -0.39 is 0 Å². The standard InChI is InChI=1S/C9H15N3O/c1-9(2)7-13-6-5-12(9)8-10-3-4-11-8/h3-4H,5-7H2,1-2H3,(H,10,11). The number of aromatic amines is 1. The number of nitrogens with zero attached hydrogens (tertiary/aromatic N) is 2. The third-order valence-electron chi connectivity index (χ3n) is 2.38. The molecule has 0 aromatic carbocycles. The zero-order chi connectivity index (χ0) is 9.31. The molecule has 1 saturated heterocycles. The van der Waals surface area contributed by atoms with Crippen LogP contribution in [0.5, 0.6) is 0 Å². The summed E-state index contributed by atoms with van der Waals surface area (Å²) in [5.74, 6) is 0.938. The molecule has 0 spiro atoms. The van der Waals surface area contributed by atoms with Gasteiger partial charge in [-0.15, -0.1) is 0 Å². The molecule has 0 amide bonds. The van der Waals surface area contributed by atoms with E-state index in [-0.39, 0.29) is 5.54 Å². The summed E-state index contributed by atoms with van der Waals surface area (Å²) < 4.78 is 5.43. The van der Waals surface area contributed by atoms with Crippen molar-refractivity contribution in [2.75, 3.05) is 24.7 Å². The van der Waals surface area contributed by atoms with Crippen LogP contribution in [0.15, 0.2) is 12.4 Å². The Morgan fingerprint density at radius 1 is 1.62 bits per heavy atom. The van der Waals surface area contributed by atoms with Gasteiger partial charge in [-0.05, 0) is 13.8 Å². The second-order valence-corrected chi connectivity index (χ2v) is 3.93. The molecule has 0 unspecified atom stereocenters. The molecule has 1 aliphatic rings. The summed E-state index contributed by atoms with van der Waals surface area (Å²) in [5, 5.41) is 0. The fourth-order valence-corrected chi connectivity index (χ4v) is 1.66. The Morgan fingerprint density at radius 3 is 3.08 bits per heavy atom. The van der Waals surface area contributed by atoms with E-state index >= 15 is 0 Å². The number of aromatic nitrogens is 2. The number of nitrogens with one attached hydrogen (secondary N) is 1. The number of ether oxygens (including phenoxy) is 1. The predicted octanol–water partition coefficient (Wildman–Crippen LogP) is 1.02. The van der Waals surface area contributed by atoms with Crippen molar-refractivity contribution in [2.45, 2.75) is 19.4 Å². The van der Waals surface area contributed by atoms with Crippen LogP contribution < -0.4 is 4.90 Å². The molecule has 0 atom stereocenters. The van der Waals surface area contributed by atoms with Crippen molar-refractivity contribution in [2.24, 2.45) is 0 Å². The van der Waals surface area contributed by atoms with Gasteiger partial charge in [0.05, 0.1) is 18.8 Å². The fourth-order valence-electron chi connectivity index (χ4n) is 1.66. The number of imidazole rings is 1. The Morgan fingerprint density at radius 2 is 2.46 bits per heavy atom. The Balaban J connectivity index is 2.21. The molecular weight excluding hydrogens is 166 g/mol. The molecule has 1 aromatic rings. The summed E-state index contributed by atoms with van der Waals surface area (Å²) >= 11 is 0. The topological polar surface area (TPSA) is 41.1 Å². The van der Waals surface area contributed by atoms with Crippen LogP contribution >= 0.6 is 0 Å². The van der Waals surface area contributed by atoms with E-state index in [1.807, 2.05) is 6.20 Å². The molecule has 0 radical (unpaired) electrons. The molecule has 2 heterocycles. The van der Waals surface area contributed by atoms with Gasteiger partial charge in [0.1, 0.15) is 0 Å². The van der Waals surface area contributed by atoms with Gasteiger partial charge in [-0.2, -0.15) is 0 Å². The molecule has 0 aliphatic carbocycles.